The van der Waals surface area contributed by atoms with Gasteiger partial charge >= 0.3 is 5.97 Å². The Morgan fingerprint density at radius 2 is 1.76 bits per heavy atom. The van der Waals surface area contributed by atoms with Crippen LogP contribution < -0.4 is 9.47 Å². The van der Waals surface area contributed by atoms with Crippen LogP contribution in [0.3, 0.4) is 0 Å². The van der Waals surface area contributed by atoms with Gasteiger partial charge in [-0.05, 0) is 45.1 Å². The van der Waals surface area contributed by atoms with Gasteiger partial charge in [0.1, 0.15) is 28.7 Å². The normalized spacial score (nSPS) is 11.6. The molecule has 0 atom stereocenters. The third-order valence-corrected chi connectivity index (χ3v) is 3.37. The number of rotatable bonds is 6. The van der Waals surface area contributed by atoms with E-state index in [-0.39, 0.29) is 11.0 Å². The highest BCUT2D eigenvalue weighted by molar-refractivity contribution is 5.93. The zero-order chi connectivity index (χ0) is 19.3. The van der Waals surface area contributed by atoms with Crippen molar-refractivity contribution in [2.75, 3.05) is 13.7 Å². The van der Waals surface area contributed by atoms with Crippen molar-refractivity contribution in [3.63, 3.8) is 0 Å². The van der Waals surface area contributed by atoms with E-state index in [0.717, 1.165) is 12.8 Å². The van der Waals surface area contributed by atoms with Gasteiger partial charge in [0.25, 0.3) is 0 Å². The summed E-state index contributed by atoms with van der Waals surface area (Å²) in [5.74, 6) is 0.166. The summed E-state index contributed by atoms with van der Waals surface area (Å²) in [6, 6.07) is 5.13. The number of nitriles is 1. The van der Waals surface area contributed by atoms with Crippen LogP contribution in [0.4, 0.5) is 0 Å². The summed E-state index contributed by atoms with van der Waals surface area (Å²) in [5, 5.41) is 9.34. The van der Waals surface area contributed by atoms with E-state index in [0.29, 0.717) is 23.7 Å². The third-order valence-electron chi connectivity index (χ3n) is 3.37. The van der Waals surface area contributed by atoms with Crippen molar-refractivity contribution in [2.45, 2.75) is 60.0 Å². The van der Waals surface area contributed by atoms with Crippen LogP contribution in [0, 0.1) is 16.7 Å². The molecule has 0 unspecified atom stereocenters. The Hall–Kier alpha value is -2.22. The second kappa shape index (κ2) is 8.24. The highest BCUT2D eigenvalue weighted by Crippen LogP contribution is 2.30. The second-order valence-electron chi connectivity index (χ2n) is 8.18. The molecule has 0 aromatic heterocycles. The van der Waals surface area contributed by atoms with Gasteiger partial charge in [0.05, 0.1) is 19.3 Å². The van der Waals surface area contributed by atoms with Gasteiger partial charge in [-0.15, -0.1) is 0 Å². The minimum atomic E-state index is -0.621. The first-order chi connectivity index (χ1) is 11.5. The first-order valence-corrected chi connectivity index (χ1v) is 8.45. The fourth-order valence-corrected chi connectivity index (χ4v) is 2.21. The number of nitrogens with zero attached hydrogens (tertiary/aromatic N) is 1. The van der Waals surface area contributed by atoms with Gasteiger partial charge in [-0.1, -0.05) is 20.8 Å². The molecule has 0 spiro atoms. The van der Waals surface area contributed by atoms with Crippen LogP contribution in [-0.4, -0.2) is 25.3 Å². The number of benzene rings is 1. The van der Waals surface area contributed by atoms with Gasteiger partial charge in [0.15, 0.2) is 0 Å². The quantitative estimate of drug-likeness (QED) is 0.550. The number of hydrogen-bond donors (Lipinski definition) is 0. The van der Waals surface area contributed by atoms with Crippen molar-refractivity contribution in [3.05, 3.63) is 23.3 Å². The summed E-state index contributed by atoms with van der Waals surface area (Å²) in [6.07, 6.45) is 1.87. The zero-order valence-corrected chi connectivity index (χ0v) is 16.4. The summed E-state index contributed by atoms with van der Waals surface area (Å²) < 4.78 is 16.4. The molecule has 0 aliphatic rings. The summed E-state index contributed by atoms with van der Waals surface area (Å²) in [7, 11) is 1.45. The third kappa shape index (κ3) is 7.04. The molecule has 0 radical (unpaired) electrons. The van der Waals surface area contributed by atoms with Crippen LogP contribution in [0.15, 0.2) is 12.1 Å². The molecule has 0 saturated carbocycles. The molecule has 5 nitrogen and oxygen atoms in total. The molecule has 0 amide bonds. The van der Waals surface area contributed by atoms with Crippen molar-refractivity contribution >= 4 is 5.97 Å². The number of ether oxygens (including phenoxy) is 3. The smallest absolute Gasteiger partial charge is 0.342 e. The summed E-state index contributed by atoms with van der Waals surface area (Å²) in [6.45, 7) is 12.4. The minimum absolute atomic E-state index is 0.225. The topological polar surface area (TPSA) is 68.5 Å². The van der Waals surface area contributed by atoms with Crippen molar-refractivity contribution in [1.29, 1.82) is 5.26 Å². The highest BCUT2D eigenvalue weighted by atomic mass is 16.6. The minimum Gasteiger partial charge on any atom is -0.496 e. The number of esters is 1. The van der Waals surface area contributed by atoms with Crippen LogP contribution in [0.2, 0.25) is 0 Å². The lowest BCUT2D eigenvalue weighted by Crippen LogP contribution is -2.24. The molecule has 0 saturated heterocycles. The molecule has 1 aromatic carbocycles. The Bertz CT molecular complexity index is 645. The van der Waals surface area contributed by atoms with E-state index < -0.39 is 11.6 Å². The predicted octanol–water partition coefficient (Wildman–Crippen LogP) is 4.73. The van der Waals surface area contributed by atoms with Crippen molar-refractivity contribution < 1.29 is 19.0 Å². The van der Waals surface area contributed by atoms with Gasteiger partial charge in [-0.3, -0.25) is 0 Å². The fourth-order valence-electron chi connectivity index (χ4n) is 2.21. The Labute approximate surface area is 150 Å². The standard InChI is InChI=1S/C20H29NO4/c1-19(2,3)9-8-10-24-16-12-15(18(22)25-20(4,5)6)17(23-7)11-14(16)13-21/h11-12H,8-10H2,1-7H3. The first kappa shape index (κ1) is 20.8. The molecular weight excluding hydrogens is 318 g/mol. The first-order valence-electron chi connectivity index (χ1n) is 8.45. The van der Waals surface area contributed by atoms with Gasteiger partial charge in [-0.2, -0.15) is 5.26 Å². The van der Waals surface area contributed by atoms with Crippen LogP contribution in [0.25, 0.3) is 0 Å². The molecule has 0 heterocycles. The van der Waals surface area contributed by atoms with Gasteiger partial charge in [0, 0.05) is 6.07 Å². The lowest BCUT2D eigenvalue weighted by Gasteiger charge is -2.21. The number of carbonyl (C=O) groups is 1. The molecule has 0 bridgehead atoms. The molecule has 1 aromatic rings. The van der Waals surface area contributed by atoms with E-state index in [2.05, 4.69) is 26.8 Å². The summed E-state index contributed by atoms with van der Waals surface area (Å²) >= 11 is 0. The molecule has 138 valence electrons. The average Bonchev–Trinajstić information content (AvgIpc) is 2.48. The van der Waals surface area contributed by atoms with Crippen molar-refractivity contribution in [1.82, 2.24) is 0 Å². The maximum atomic E-state index is 12.4. The fraction of sp³-hybridized carbons (Fsp3) is 0.600. The number of carbonyl (C=O) groups excluding carboxylic acids is 1. The number of hydrogen-bond acceptors (Lipinski definition) is 5. The maximum Gasteiger partial charge on any atom is 0.342 e. The predicted molar refractivity (Wildman–Crippen MR) is 97.1 cm³/mol. The highest BCUT2D eigenvalue weighted by Gasteiger charge is 2.23. The molecule has 1 rings (SSSR count). The monoisotopic (exact) mass is 347 g/mol. The van der Waals surface area contributed by atoms with Crippen LogP contribution in [-0.2, 0) is 4.74 Å². The largest absolute Gasteiger partial charge is 0.496 e. The van der Waals surface area contributed by atoms with Crippen molar-refractivity contribution in [2.24, 2.45) is 5.41 Å². The maximum absolute atomic E-state index is 12.4. The van der Waals surface area contributed by atoms with E-state index in [1.165, 1.54) is 19.2 Å². The second-order valence-corrected chi connectivity index (χ2v) is 8.18. The summed E-state index contributed by atoms with van der Waals surface area (Å²) in [5.41, 5.74) is 0.189. The summed E-state index contributed by atoms with van der Waals surface area (Å²) in [4.78, 5) is 12.4. The van der Waals surface area contributed by atoms with E-state index in [1.807, 2.05) is 0 Å². The van der Waals surface area contributed by atoms with E-state index in [9.17, 15) is 10.1 Å². The van der Waals surface area contributed by atoms with Crippen molar-refractivity contribution in [3.8, 4) is 17.6 Å². The molecule has 5 heteroatoms. The lowest BCUT2D eigenvalue weighted by molar-refractivity contribution is 0.00660. The zero-order valence-electron chi connectivity index (χ0n) is 16.4. The molecule has 25 heavy (non-hydrogen) atoms. The van der Waals surface area contributed by atoms with E-state index >= 15 is 0 Å². The Morgan fingerprint density at radius 1 is 1.12 bits per heavy atom. The van der Waals surface area contributed by atoms with Crippen LogP contribution >= 0.6 is 0 Å². The average molecular weight is 347 g/mol. The van der Waals surface area contributed by atoms with Crippen LogP contribution in [0.1, 0.15) is 70.3 Å². The molecular formula is C20H29NO4. The molecule has 0 aliphatic carbocycles. The lowest BCUT2D eigenvalue weighted by atomic mass is 9.91. The van der Waals surface area contributed by atoms with Gasteiger partial charge in [-0.25, -0.2) is 4.79 Å². The molecule has 0 fully saturated rings. The number of methoxy groups -OCH3 is 1. The van der Waals surface area contributed by atoms with Crippen LogP contribution in [0.5, 0.6) is 11.5 Å². The Morgan fingerprint density at radius 3 is 2.24 bits per heavy atom. The Kier molecular flexibility index (Phi) is 6.87. The van der Waals surface area contributed by atoms with E-state index in [1.54, 1.807) is 20.8 Å². The Balaban J connectivity index is 3.02. The van der Waals surface area contributed by atoms with Gasteiger partial charge < -0.3 is 14.2 Å². The molecule has 0 aliphatic heterocycles. The SMILES string of the molecule is COc1cc(C#N)c(OCCCC(C)(C)C)cc1C(=O)OC(C)(C)C. The molecule has 0 N–H and O–H groups in total. The van der Waals surface area contributed by atoms with E-state index in [4.69, 9.17) is 14.2 Å². The van der Waals surface area contributed by atoms with Gasteiger partial charge in [0.2, 0.25) is 0 Å².